The van der Waals surface area contributed by atoms with E-state index in [0.717, 1.165) is 0 Å². The molecular formula is C8H8ClFOS. The molecule has 0 aliphatic rings. The Kier molecular flexibility index (Phi) is 2.85. The lowest BCUT2D eigenvalue weighted by atomic mass is 10.2. The van der Waals surface area contributed by atoms with E-state index in [1.165, 1.54) is 18.4 Å². The molecule has 0 N–H and O–H groups in total. The predicted molar refractivity (Wildman–Crippen MR) is 48.5 cm³/mol. The minimum atomic E-state index is -1.32. The first-order chi connectivity index (χ1) is 5.52. The topological polar surface area (TPSA) is 17.1 Å². The van der Waals surface area contributed by atoms with Crippen LogP contribution in [0.25, 0.3) is 0 Å². The smallest absolute Gasteiger partial charge is 0.142 e. The summed E-state index contributed by atoms with van der Waals surface area (Å²) in [5.74, 6) is -0.430. The molecule has 66 valence electrons. The van der Waals surface area contributed by atoms with E-state index >= 15 is 0 Å². The Morgan fingerprint density at radius 3 is 2.58 bits per heavy atom. The van der Waals surface area contributed by atoms with Crippen molar-refractivity contribution in [2.45, 2.75) is 11.8 Å². The molecule has 0 aliphatic carbocycles. The fraction of sp³-hybridized carbons (Fsp3) is 0.250. The van der Waals surface area contributed by atoms with Gasteiger partial charge in [0, 0.05) is 11.3 Å². The molecule has 0 saturated carbocycles. The van der Waals surface area contributed by atoms with Gasteiger partial charge in [0.2, 0.25) is 0 Å². The van der Waals surface area contributed by atoms with Crippen molar-refractivity contribution in [3.8, 4) is 0 Å². The molecule has 1 aromatic carbocycles. The molecule has 1 atom stereocenters. The van der Waals surface area contributed by atoms with Gasteiger partial charge in [0.25, 0.3) is 0 Å². The predicted octanol–water partition coefficient (Wildman–Crippen LogP) is 2.52. The van der Waals surface area contributed by atoms with Crippen molar-refractivity contribution in [2.24, 2.45) is 0 Å². The molecule has 0 fully saturated rings. The van der Waals surface area contributed by atoms with Gasteiger partial charge < -0.3 is 0 Å². The summed E-state index contributed by atoms with van der Waals surface area (Å²) in [7, 11) is -1.32. The second-order valence-corrected chi connectivity index (χ2v) is 4.27. The normalized spacial score (nSPS) is 13.0. The van der Waals surface area contributed by atoms with E-state index in [9.17, 15) is 8.60 Å². The lowest BCUT2D eigenvalue weighted by Gasteiger charge is -2.02. The highest BCUT2D eigenvalue weighted by molar-refractivity contribution is 7.84. The van der Waals surface area contributed by atoms with Gasteiger partial charge in [0.05, 0.1) is 15.7 Å². The minimum absolute atomic E-state index is 0.167. The average Bonchev–Trinajstić information content (AvgIpc) is 1.96. The lowest BCUT2D eigenvalue weighted by Crippen LogP contribution is -1.95. The summed E-state index contributed by atoms with van der Waals surface area (Å²) in [4.78, 5) is 0.167. The largest absolute Gasteiger partial charge is 0.255 e. The van der Waals surface area contributed by atoms with Crippen molar-refractivity contribution in [3.05, 3.63) is 28.5 Å². The fourth-order valence-corrected chi connectivity index (χ4v) is 1.95. The van der Waals surface area contributed by atoms with Crippen molar-refractivity contribution in [2.75, 3.05) is 6.26 Å². The van der Waals surface area contributed by atoms with Crippen LogP contribution in [0.2, 0.25) is 5.02 Å². The Hall–Kier alpha value is -0.410. The third-order valence-corrected chi connectivity index (χ3v) is 2.63. The van der Waals surface area contributed by atoms with E-state index in [-0.39, 0.29) is 4.90 Å². The third-order valence-electron chi connectivity index (χ3n) is 1.50. The fourth-order valence-electron chi connectivity index (χ4n) is 0.904. The highest BCUT2D eigenvalue weighted by atomic mass is 35.5. The first kappa shape index (κ1) is 9.68. The average molecular weight is 207 g/mol. The second-order valence-electron chi connectivity index (χ2n) is 2.49. The van der Waals surface area contributed by atoms with Crippen molar-refractivity contribution >= 4 is 22.4 Å². The van der Waals surface area contributed by atoms with Crippen LogP contribution in [0, 0.1) is 12.7 Å². The van der Waals surface area contributed by atoms with Gasteiger partial charge >= 0.3 is 0 Å². The standard InChI is InChI=1S/C8H8ClFOS/c1-5-3-6(9)4-7(8(5)10)12(2)11/h3-4H,1-2H3. The summed E-state index contributed by atoms with van der Waals surface area (Å²) in [6.45, 7) is 1.59. The van der Waals surface area contributed by atoms with E-state index in [0.29, 0.717) is 10.6 Å². The first-order valence-corrected chi connectivity index (χ1v) is 5.25. The molecule has 0 radical (unpaired) electrons. The van der Waals surface area contributed by atoms with Gasteiger partial charge in [-0.15, -0.1) is 0 Å². The number of hydrogen-bond acceptors (Lipinski definition) is 1. The van der Waals surface area contributed by atoms with Crippen LogP contribution in [-0.2, 0) is 10.8 Å². The van der Waals surface area contributed by atoms with Crippen molar-refractivity contribution in [1.29, 1.82) is 0 Å². The van der Waals surface area contributed by atoms with Gasteiger partial charge in [0.1, 0.15) is 5.82 Å². The minimum Gasteiger partial charge on any atom is -0.255 e. The molecular weight excluding hydrogens is 199 g/mol. The van der Waals surface area contributed by atoms with Crippen LogP contribution >= 0.6 is 11.6 Å². The number of hydrogen-bond donors (Lipinski definition) is 0. The SMILES string of the molecule is Cc1cc(Cl)cc(S(C)=O)c1F. The summed E-state index contributed by atoms with van der Waals surface area (Å²) in [6, 6.07) is 2.90. The molecule has 4 heteroatoms. The monoisotopic (exact) mass is 206 g/mol. The summed E-state index contributed by atoms with van der Waals surface area (Å²) >= 11 is 5.67. The molecule has 0 amide bonds. The van der Waals surface area contributed by atoms with Crippen LogP contribution in [0.1, 0.15) is 5.56 Å². The molecule has 1 aromatic rings. The van der Waals surface area contributed by atoms with E-state index < -0.39 is 16.6 Å². The Morgan fingerprint density at radius 1 is 1.50 bits per heavy atom. The summed E-state index contributed by atoms with van der Waals surface area (Å²) in [5.41, 5.74) is 0.424. The lowest BCUT2D eigenvalue weighted by molar-refractivity contribution is 0.587. The van der Waals surface area contributed by atoms with Crippen LogP contribution in [-0.4, -0.2) is 10.5 Å². The summed E-state index contributed by atoms with van der Waals surface area (Å²) < 4.78 is 24.2. The van der Waals surface area contributed by atoms with Gasteiger partial charge in [0.15, 0.2) is 0 Å². The van der Waals surface area contributed by atoms with Gasteiger partial charge in [-0.1, -0.05) is 11.6 Å². The van der Waals surface area contributed by atoms with Crippen molar-refractivity contribution in [1.82, 2.24) is 0 Å². The Labute approximate surface area is 78.0 Å². The van der Waals surface area contributed by atoms with E-state index in [2.05, 4.69) is 0 Å². The molecule has 0 heterocycles. The zero-order valence-corrected chi connectivity index (χ0v) is 8.30. The molecule has 1 unspecified atom stereocenters. The maximum Gasteiger partial charge on any atom is 0.142 e. The molecule has 0 aromatic heterocycles. The van der Waals surface area contributed by atoms with Crippen LogP contribution < -0.4 is 0 Å². The van der Waals surface area contributed by atoms with Crippen LogP contribution in [0.15, 0.2) is 17.0 Å². The quantitative estimate of drug-likeness (QED) is 0.690. The van der Waals surface area contributed by atoms with Crippen molar-refractivity contribution in [3.63, 3.8) is 0 Å². The first-order valence-electron chi connectivity index (χ1n) is 3.31. The number of aryl methyl sites for hydroxylation is 1. The van der Waals surface area contributed by atoms with Gasteiger partial charge in [-0.05, 0) is 24.6 Å². The Morgan fingerprint density at radius 2 is 2.08 bits per heavy atom. The Bertz CT molecular complexity index is 338. The molecule has 0 aliphatic heterocycles. The number of rotatable bonds is 1. The molecule has 12 heavy (non-hydrogen) atoms. The highest BCUT2D eigenvalue weighted by Gasteiger charge is 2.09. The van der Waals surface area contributed by atoms with Crippen molar-refractivity contribution < 1.29 is 8.60 Å². The van der Waals surface area contributed by atoms with Gasteiger partial charge in [-0.2, -0.15) is 0 Å². The van der Waals surface area contributed by atoms with E-state index in [4.69, 9.17) is 11.6 Å². The Balaban J connectivity index is 3.37. The second kappa shape index (κ2) is 3.54. The summed E-state index contributed by atoms with van der Waals surface area (Å²) in [5, 5.41) is 0.416. The number of benzene rings is 1. The van der Waals surface area contributed by atoms with E-state index in [1.807, 2.05) is 0 Å². The zero-order chi connectivity index (χ0) is 9.30. The molecule has 0 saturated heterocycles. The molecule has 0 spiro atoms. The van der Waals surface area contributed by atoms with Gasteiger partial charge in [-0.3, -0.25) is 4.21 Å². The maximum atomic E-state index is 13.2. The number of halogens is 2. The molecule has 1 rings (SSSR count). The zero-order valence-electron chi connectivity index (χ0n) is 6.73. The highest BCUT2D eigenvalue weighted by Crippen LogP contribution is 2.21. The third kappa shape index (κ3) is 1.84. The van der Waals surface area contributed by atoms with E-state index in [1.54, 1.807) is 6.92 Å². The van der Waals surface area contributed by atoms with Crippen LogP contribution in [0.3, 0.4) is 0 Å². The van der Waals surface area contributed by atoms with Crippen LogP contribution in [0.5, 0.6) is 0 Å². The molecule has 1 nitrogen and oxygen atoms in total. The maximum absolute atomic E-state index is 13.2. The summed E-state index contributed by atoms with van der Waals surface area (Å²) in [6.07, 6.45) is 1.42. The molecule has 0 bridgehead atoms. The van der Waals surface area contributed by atoms with Gasteiger partial charge in [-0.25, -0.2) is 4.39 Å². The van der Waals surface area contributed by atoms with Crippen LogP contribution in [0.4, 0.5) is 4.39 Å².